The molecule has 2 rings (SSSR count). The lowest BCUT2D eigenvalue weighted by atomic mass is 9.88. The van der Waals surface area contributed by atoms with Crippen molar-refractivity contribution in [1.82, 2.24) is 0 Å². The summed E-state index contributed by atoms with van der Waals surface area (Å²) in [6.45, 7) is 6.10. The highest BCUT2D eigenvalue weighted by Gasteiger charge is 2.16. The zero-order chi connectivity index (χ0) is 15.6. The van der Waals surface area contributed by atoms with Crippen LogP contribution in [0.5, 0.6) is 17.2 Å². The van der Waals surface area contributed by atoms with Crippen molar-refractivity contribution in [2.75, 3.05) is 0 Å². The van der Waals surface area contributed by atoms with Gasteiger partial charge in [-0.2, -0.15) is 0 Å². The fourth-order valence-electron chi connectivity index (χ4n) is 2.83. The second-order valence-electron chi connectivity index (χ2n) is 5.15. The van der Waals surface area contributed by atoms with Crippen molar-refractivity contribution in [2.45, 2.75) is 40.0 Å². The van der Waals surface area contributed by atoms with Gasteiger partial charge >= 0.3 is 0 Å². The van der Waals surface area contributed by atoms with Crippen molar-refractivity contribution in [2.24, 2.45) is 0 Å². The standard InChI is InChI=1S/C18H22O3/c1-4-11-9-15(12-7-8-16(19)17(20)10-12)13(5-2)14(6-3)18(11)21/h7-10,19-21H,4-6H2,1-3H3. The molecule has 0 atom stereocenters. The zero-order valence-electron chi connectivity index (χ0n) is 12.8. The molecule has 0 heterocycles. The number of phenols is 3. The Morgan fingerprint density at radius 3 is 1.95 bits per heavy atom. The lowest BCUT2D eigenvalue weighted by molar-refractivity contribution is 0.404. The van der Waals surface area contributed by atoms with Gasteiger partial charge < -0.3 is 15.3 Å². The van der Waals surface area contributed by atoms with Crippen LogP contribution in [-0.2, 0) is 19.3 Å². The van der Waals surface area contributed by atoms with Crippen LogP contribution in [-0.4, -0.2) is 15.3 Å². The molecule has 0 saturated carbocycles. The Morgan fingerprint density at radius 1 is 0.762 bits per heavy atom. The molecule has 0 radical (unpaired) electrons. The van der Waals surface area contributed by atoms with Crippen molar-refractivity contribution in [1.29, 1.82) is 0 Å². The van der Waals surface area contributed by atoms with Gasteiger partial charge in [-0.15, -0.1) is 0 Å². The number of aryl methyl sites for hydroxylation is 1. The first-order valence-corrected chi connectivity index (χ1v) is 7.42. The van der Waals surface area contributed by atoms with Crippen molar-refractivity contribution in [3.05, 3.63) is 41.0 Å². The minimum Gasteiger partial charge on any atom is -0.507 e. The zero-order valence-corrected chi connectivity index (χ0v) is 12.8. The Labute approximate surface area is 125 Å². The van der Waals surface area contributed by atoms with Gasteiger partial charge in [-0.3, -0.25) is 0 Å². The summed E-state index contributed by atoms with van der Waals surface area (Å²) in [5, 5.41) is 29.6. The lowest BCUT2D eigenvalue weighted by Crippen LogP contribution is -1.99. The molecular formula is C18H22O3. The first-order valence-electron chi connectivity index (χ1n) is 7.42. The topological polar surface area (TPSA) is 60.7 Å². The van der Waals surface area contributed by atoms with E-state index in [1.807, 2.05) is 19.9 Å². The smallest absolute Gasteiger partial charge is 0.158 e. The Bertz CT molecular complexity index is 660. The Kier molecular flexibility index (Phi) is 4.41. The molecule has 0 fully saturated rings. The highest BCUT2D eigenvalue weighted by atomic mass is 16.3. The second kappa shape index (κ2) is 6.08. The van der Waals surface area contributed by atoms with E-state index in [1.54, 1.807) is 12.1 Å². The largest absolute Gasteiger partial charge is 0.507 e. The molecule has 0 aliphatic heterocycles. The summed E-state index contributed by atoms with van der Waals surface area (Å²) in [4.78, 5) is 0. The van der Waals surface area contributed by atoms with Crippen LogP contribution in [0.15, 0.2) is 24.3 Å². The summed E-state index contributed by atoms with van der Waals surface area (Å²) in [5.74, 6) is 0.143. The van der Waals surface area contributed by atoms with Crippen molar-refractivity contribution in [3.63, 3.8) is 0 Å². The van der Waals surface area contributed by atoms with Crippen LogP contribution in [0.1, 0.15) is 37.5 Å². The molecule has 0 saturated heterocycles. The van der Waals surface area contributed by atoms with E-state index in [0.29, 0.717) is 5.75 Å². The van der Waals surface area contributed by atoms with Crippen molar-refractivity contribution >= 4 is 0 Å². The molecule has 0 unspecified atom stereocenters. The number of rotatable bonds is 4. The molecule has 3 heteroatoms. The van der Waals surface area contributed by atoms with Crippen LogP contribution in [0.3, 0.4) is 0 Å². The lowest BCUT2D eigenvalue weighted by Gasteiger charge is -2.18. The van der Waals surface area contributed by atoms with Gasteiger partial charge in [0.15, 0.2) is 11.5 Å². The monoisotopic (exact) mass is 286 g/mol. The predicted molar refractivity (Wildman–Crippen MR) is 85.0 cm³/mol. The summed E-state index contributed by atoms with van der Waals surface area (Å²) < 4.78 is 0. The van der Waals surface area contributed by atoms with E-state index < -0.39 is 0 Å². The predicted octanol–water partition coefficient (Wildman–Crippen LogP) is 4.16. The average Bonchev–Trinajstić information content (AvgIpc) is 2.49. The number of phenolic OH excluding ortho intramolecular Hbond substituents is 3. The van der Waals surface area contributed by atoms with E-state index in [4.69, 9.17) is 0 Å². The van der Waals surface area contributed by atoms with Gasteiger partial charge in [-0.05, 0) is 65.3 Å². The quantitative estimate of drug-likeness (QED) is 0.740. The van der Waals surface area contributed by atoms with Gasteiger partial charge in [0, 0.05) is 0 Å². The third-order valence-electron chi connectivity index (χ3n) is 3.97. The fraction of sp³-hybridized carbons (Fsp3) is 0.333. The van der Waals surface area contributed by atoms with E-state index in [9.17, 15) is 15.3 Å². The van der Waals surface area contributed by atoms with Crippen LogP contribution in [0.2, 0.25) is 0 Å². The summed E-state index contributed by atoms with van der Waals surface area (Å²) in [6.07, 6.45) is 2.32. The minimum absolute atomic E-state index is 0.123. The Hall–Kier alpha value is -2.16. The summed E-state index contributed by atoms with van der Waals surface area (Å²) >= 11 is 0. The number of aromatic hydroxyl groups is 3. The molecule has 0 aliphatic carbocycles. The molecular weight excluding hydrogens is 264 g/mol. The van der Waals surface area contributed by atoms with Gasteiger partial charge in [-0.1, -0.05) is 26.8 Å². The van der Waals surface area contributed by atoms with Gasteiger partial charge in [0.25, 0.3) is 0 Å². The first-order chi connectivity index (χ1) is 10.0. The van der Waals surface area contributed by atoms with Crippen molar-refractivity contribution < 1.29 is 15.3 Å². The third-order valence-corrected chi connectivity index (χ3v) is 3.97. The molecule has 3 nitrogen and oxygen atoms in total. The third kappa shape index (κ3) is 2.68. The van der Waals surface area contributed by atoms with Crippen molar-refractivity contribution in [3.8, 4) is 28.4 Å². The van der Waals surface area contributed by atoms with Crippen LogP contribution < -0.4 is 0 Å². The summed E-state index contributed by atoms with van der Waals surface area (Å²) in [6, 6.07) is 6.84. The normalized spacial score (nSPS) is 10.8. The molecule has 0 aliphatic rings. The number of benzene rings is 2. The first kappa shape index (κ1) is 15.2. The maximum absolute atomic E-state index is 10.4. The van der Waals surface area contributed by atoms with E-state index >= 15 is 0 Å². The minimum atomic E-state index is -0.126. The maximum atomic E-state index is 10.4. The SMILES string of the molecule is CCc1cc(-c2ccc(O)c(O)c2)c(CC)c(CC)c1O. The number of hydrogen-bond acceptors (Lipinski definition) is 3. The average molecular weight is 286 g/mol. The fourth-order valence-corrected chi connectivity index (χ4v) is 2.83. The molecule has 0 bridgehead atoms. The second-order valence-corrected chi connectivity index (χ2v) is 5.15. The molecule has 2 aromatic carbocycles. The maximum Gasteiger partial charge on any atom is 0.158 e. The number of hydrogen-bond donors (Lipinski definition) is 3. The highest BCUT2D eigenvalue weighted by Crippen LogP contribution is 2.38. The van der Waals surface area contributed by atoms with E-state index in [2.05, 4.69) is 6.92 Å². The molecule has 0 amide bonds. The van der Waals surface area contributed by atoms with Gasteiger partial charge in [-0.25, -0.2) is 0 Å². The summed E-state index contributed by atoms with van der Waals surface area (Å²) in [5.41, 5.74) is 4.84. The molecule has 0 aromatic heterocycles. The molecule has 112 valence electrons. The van der Waals surface area contributed by atoms with Gasteiger partial charge in [0.2, 0.25) is 0 Å². The van der Waals surface area contributed by atoms with Gasteiger partial charge in [0.05, 0.1) is 0 Å². The van der Waals surface area contributed by atoms with Crippen LogP contribution in [0.25, 0.3) is 11.1 Å². The van der Waals surface area contributed by atoms with E-state index in [-0.39, 0.29) is 11.5 Å². The molecule has 21 heavy (non-hydrogen) atoms. The van der Waals surface area contributed by atoms with Gasteiger partial charge in [0.1, 0.15) is 5.75 Å². The summed E-state index contributed by atoms with van der Waals surface area (Å²) in [7, 11) is 0. The molecule has 2 aromatic rings. The Morgan fingerprint density at radius 2 is 1.43 bits per heavy atom. The van der Waals surface area contributed by atoms with E-state index in [0.717, 1.165) is 47.1 Å². The molecule has 0 spiro atoms. The highest BCUT2D eigenvalue weighted by molar-refractivity contribution is 5.74. The van der Waals surface area contributed by atoms with E-state index in [1.165, 1.54) is 6.07 Å². The van der Waals surface area contributed by atoms with Crippen LogP contribution in [0.4, 0.5) is 0 Å². The van der Waals surface area contributed by atoms with Crippen LogP contribution in [0, 0.1) is 0 Å². The van der Waals surface area contributed by atoms with Crippen LogP contribution >= 0.6 is 0 Å². The Balaban J connectivity index is 2.74. The molecule has 3 N–H and O–H groups in total.